The second kappa shape index (κ2) is 6.50. The van der Waals surface area contributed by atoms with Crippen molar-refractivity contribution in [3.63, 3.8) is 0 Å². The van der Waals surface area contributed by atoms with Crippen LogP contribution in [0.4, 0.5) is 0 Å². The molecular formula is C16H13N5OS. The standard InChI is InChI=1S/C16H13N5OS/c1-21-15(12-7-3-4-8-13(12)22-2)19-20-16(21)23-14-9-5-6-11(10-17)18-14/h3-9H,1-2H3. The summed E-state index contributed by atoms with van der Waals surface area (Å²) in [6.45, 7) is 0. The minimum atomic E-state index is 0.377. The van der Waals surface area contributed by atoms with E-state index in [4.69, 9.17) is 10.00 Å². The van der Waals surface area contributed by atoms with Crippen LogP contribution in [0.2, 0.25) is 0 Å². The lowest BCUT2D eigenvalue weighted by molar-refractivity contribution is 0.416. The summed E-state index contributed by atoms with van der Waals surface area (Å²) in [5, 5.41) is 18.8. The molecule has 0 aliphatic carbocycles. The van der Waals surface area contributed by atoms with E-state index in [0.717, 1.165) is 11.3 Å². The minimum Gasteiger partial charge on any atom is -0.496 e. The molecule has 3 aromatic rings. The van der Waals surface area contributed by atoms with Crippen molar-refractivity contribution in [1.29, 1.82) is 5.26 Å². The Bertz CT molecular complexity index is 884. The number of ether oxygens (including phenoxy) is 1. The molecule has 2 aromatic heterocycles. The molecule has 0 saturated heterocycles. The number of hydrogen-bond donors (Lipinski definition) is 0. The highest BCUT2D eigenvalue weighted by molar-refractivity contribution is 7.99. The topological polar surface area (TPSA) is 76.6 Å². The van der Waals surface area contributed by atoms with Crippen LogP contribution in [0, 0.1) is 11.3 Å². The third kappa shape index (κ3) is 3.03. The summed E-state index contributed by atoms with van der Waals surface area (Å²) in [5.74, 6) is 1.45. The highest BCUT2D eigenvalue weighted by Crippen LogP contribution is 2.31. The zero-order chi connectivity index (χ0) is 16.2. The Morgan fingerprint density at radius 1 is 1.13 bits per heavy atom. The summed E-state index contributed by atoms with van der Waals surface area (Å²) >= 11 is 1.36. The molecule has 23 heavy (non-hydrogen) atoms. The zero-order valence-electron chi connectivity index (χ0n) is 12.6. The first-order valence-electron chi connectivity index (χ1n) is 6.80. The number of aromatic nitrogens is 4. The van der Waals surface area contributed by atoms with Gasteiger partial charge in [-0.15, -0.1) is 10.2 Å². The van der Waals surface area contributed by atoms with Crippen molar-refractivity contribution in [2.45, 2.75) is 10.2 Å². The van der Waals surface area contributed by atoms with Gasteiger partial charge in [0, 0.05) is 7.05 Å². The molecule has 0 aliphatic rings. The van der Waals surface area contributed by atoms with Crippen LogP contribution >= 0.6 is 11.8 Å². The number of nitriles is 1. The Labute approximate surface area is 137 Å². The van der Waals surface area contributed by atoms with Gasteiger partial charge in [-0.05, 0) is 36.0 Å². The minimum absolute atomic E-state index is 0.377. The summed E-state index contributed by atoms with van der Waals surface area (Å²) in [5.41, 5.74) is 1.25. The van der Waals surface area contributed by atoms with E-state index in [2.05, 4.69) is 15.2 Å². The number of nitrogens with zero attached hydrogens (tertiary/aromatic N) is 5. The fourth-order valence-electron chi connectivity index (χ4n) is 2.10. The lowest BCUT2D eigenvalue weighted by Gasteiger charge is -2.08. The molecule has 7 heteroatoms. The number of benzene rings is 1. The van der Waals surface area contributed by atoms with E-state index >= 15 is 0 Å². The van der Waals surface area contributed by atoms with Crippen molar-refractivity contribution >= 4 is 11.8 Å². The molecule has 2 heterocycles. The van der Waals surface area contributed by atoms with Crippen LogP contribution in [0.1, 0.15) is 5.69 Å². The molecule has 0 atom stereocenters. The monoisotopic (exact) mass is 323 g/mol. The summed E-state index contributed by atoms with van der Waals surface area (Å²) in [4.78, 5) is 4.24. The molecule has 0 saturated carbocycles. The summed E-state index contributed by atoms with van der Waals surface area (Å²) in [6.07, 6.45) is 0. The van der Waals surface area contributed by atoms with Gasteiger partial charge in [0.05, 0.1) is 12.7 Å². The molecule has 0 radical (unpaired) electrons. The van der Waals surface area contributed by atoms with Crippen molar-refractivity contribution in [3.05, 3.63) is 48.2 Å². The van der Waals surface area contributed by atoms with Gasteiger partial charge in [0.1, 0.15) is 22.5 Å². The van der Waals surface area contributed by atoms with Crippen LogP contribution in [-0.4, -0.2) is 26.9 Å². The Morgan fingerprint density at radius 2 is 1.96 bits per heavy atom. The maximum absolute atomic E-state index is 8.92. The maximum atomic E-state index is 8.92. The van der Waals surface area contributed by atoms with Gasteiger partial charge in [-0.2, -0.15) is 5.26 Å². The largest absolute Gasteiger partial charge is 0.496 e. The first kappa shape index (κ1) is 15.1. The summed E-state index contributed by atoms with van der Waals surface area (Å²) < 4.78 is 7.25. The lowest BCUT2D eigenvalue weighted by atomic mass is 10.2. The predicted molar refractivity (Wildman–Crippen MR) is 86.1 cm³/mol. The third-order valence-electron chi connectivity index (χ3n) is 3.22. The predicted octanol–water partition coefficient (Wildman–Crippen LogP) is 2.91. The second-order valence-corrected chi connectivity index (χ2v) is 5.63. The first-order chi connectivity index (χ1) is 11.2. The van der Waals surface area contributed by atoms with Gasteiger partial charge >= 0.3 is 0 Å². The summed E-state index contributed by atoms with van der Waals surface area (Å²) in [7, 11) is 3.51. The lowest BCUT2D eigenvalue weighted by Crippen LogP contribution is -1.97. The number of pyridine rings is 1. The highest BCUT2D eigenvalue weighted by Gasteiger charge is 2.15. The SMILES string of the molecule is COc1ccccc1-c1nnc(Sc2cccc(C#N)n2)n1C. The molecule has 0 amide bonds. The molecule has 0 N–H and O–H groups in total. The highest BCUT2D eigenvalue weighted by atomic mass is 32.2. The summed E-state index contributed by atoms with van der Waals surface area (Å²) in [6, 6.07) is 15.0. The van der Waals surface area contributed by atoms with Crippen LogP contribution in [0.15, 0.2) is 52.6 Å². The molecule has 0 unspecified atom stereocenters. The molecule has 6 nitrogen and oxygen atoms in total. The van der Waals surface area contributed by atoms with Gasteiger partial charge in [0.15, 0.2) is 11.0 Å². The number of hydrogen-bond acceptors (Lipinski definition) is 6. The number of para-hydroxylation sites is 1. The van der Waals surface area contributed by atoms with Crippen LogP contribution in [0.25, 0.3) is 11.4 Å². The Hall–Kier alpha value is -2.85. The Morgan fingerprint density at radius 3 is 2.74 bits per heavy atom. The normalized spacial score (nSPS) is 10.3. The second-order valence-electron chi connectivity index (χ2n) is 4.64. The van der Waals surface area contributed by atoms with E-state index in [1.165, 1.54) is 11.8 Å². The Kier molecular flexibility index (Phi) is 4.26. The quantitative estimate of drug-likeness (QED) is 0.735. The van der Waals surface area contributed by atoms with E-state index in [1.807, 2.05) is 48.0 Å². The molecule has 1 aromatic carbocycles. The fraction of sp³-hybridized carbons (Fsp3) is 0.125. The van der Waals surface area contributed by atoms with Crippen molar-refractivity contribution in [1.82, 2.24) is 19.7 Å². The van der Waals surface area contributed by atoms with Gasteiger partial charge < -0.3 is 9.30 Å². The van der Waals surface area contributed by atoms with E-state index in [-0.39, 0.29) is 0 Å². The Balaban J connectivity index is 1.95. The van der Waals surface area contributed by atoms with E-state index in [1.54, 1.807) is 19.2 Å². The molecule has 3 rings (SSSR count). The molecule has 0 aliphatic heterocycles. The fourth-order valence-corrected chi connectivity index (χ4v) is 2.88. The third-order valence-corrected chi connectivity index (χ3v) is 4.19. The number of rotatable bonds is 4. The van der Waals surface area contributed by atoms with E-state index in [9.17, 15) is 0 Å². The maximum Gasteiger partial charge on any atom is 0.197 e. The van der Waals surface area contributed by atoms with Crippen molar-refractivity contribution < 1.29 is 4.74 Å². The average molecular weight is 323 g/mol. The van der Waals surface area contributed by atoms with Crippen molar-refractivity contribution in [2.75, 3.05) is 7.11 Å². The average Bonchev–Trinajstić information content (AvgIpc) is 2.95. The van der Waals surface area contributed by atoms with Crippen LogP contribution < -0.4 is 4.74 Å². The number of methoxy groups -OCH3 is 1. The zero-order valence-corrected chi connectivity index (χ0v) is 13.4. The molecule has 114 valence electrons. The van der Waals surface area contributed by atoms with Crippen molar-refractivity contribution in [2.24, 2.45) is 7.05 Å². The van der Waals surface area contributed by atoms with Crippen LogP contribution in [0.5, 0.6) is 5.75 Å². The molecule has 0 fully saturated rings. The molecular weight excluding hydrogens is 310 g/mol. The van der Waals surface area contributed by atoms with Crippen molar-refractivity contribution in [3.8, 4) is 23.2 Å². The van der Waals surface area contributed by atoms with E-state index < -0.39 is 0 Å². The smallest absolute Gasteiger partial charge is 0.197 e. The molecule has 0 spiro atoms. The van der Waals surface area contributed by atoms with Crippen LogP contribution in [0.3, 0.4) is 0 Å². The van der Waals surface area contributed by atoms with Gasteiger partial charge in [-0.25, -0.2) is 4.98 Å². The first-order valence-corrected chi connectivity index (χ1v) is 7.62. The van der Waals surface area contributed by atoms with Gasteiger partial charge in [0.25, 0.3) is 0 Å². The van der Waals surface area contributed by atoms with Crippen LogP contribution in [-0.2, 0) is 7.05 Å². The van der Waals surface area contributed by atoms with E-state index in [0.29, 0.717) is 21.7 Å². The van der Waals surface area contributed by atoms with Gasteiger partial charge in [0.2, 0.25) is 0 Å². The van der Waals surface area contributed by atoms with Gasteiger partial charge in [-0.3, -0.25) is 0 Å². The molecule has 0 bridgehead atoms. The van der Waals surface area contributed by atoms with Gasteiger partial charge in [-0.1, -0.05) is 18.2 Å².